The molecule has 2 aromatic heterocycles. The van der Waals surface area contributed by atoms with Crippen LogP contribution in [0.1, 0.15) is 37.7 Å². The summed E-state index contributed by atoms with van der Waals surface area (Å²) in [4.78, 5) is 30.5. The second kappa shape index (κ2) is 10.0. The molecule has 1 N–H and O–H groups in total. The Morgan fingerprint density at radius 3 is 2.58 bits per heavy atom. The van der Waals surface area contributed by atoms with E-state index in [9.17, 15) is 14.9 Å². The molecule has 0 saturated heterocycles. The van der Waals surface area contributed by atoms with E-state index in [0.717, 1.165) is 32.1 Å². The van der Waals surface area contributed by atoms with E-state index in [1.807, 2.05) is 6.07 Å². The van der Waals surface area contributed by atoms with Crippen LogP contribution in [0.15, 0.2) is 59.0 Å². The van der Waals surface area contributed by atoms with Crippen LogP contribution in [0, 0.1) is 11.3 Å². The summed E-state index contributed by atoms with van der Waals surface area (Å²) in [5, 5.41) is 12.6. The van der Waals surface area contributed by atoms with Crippen molar-refractivity contribution >= 4 is 17.6 Å². The SMILES string of the molecule is COc1ccc(Oc2nc3ccccn3c(=O)c2/C=C(\C#N)C(=O)NC2CCCCC2)cc1. The van der Waals surface area contributed by atoms with Gasteiger partial charge >= 0.3 is 0 Å². The van der Waals surface area contributed by atoms with Gasteiger partial charge in [0.1, 0.15) is 34.4 Å². The second-order valence-corrected chi connectivity index (χ2v) is 7.82. The van der Waals surface area contributed by atoms with Gasteiger partial charge in [0.15, 0.2) is 0 Å². The average molecular weight is 444 g/mol. The lowest BCUT2D eigenvalue weighted by Gasteiger charge is -2.22. The topological polar surface area (TPSA) is 106 Å². The molecular formula is C25H24N4O4. The van der Waals surface area contributed by atoms with E-state index < -0.39 is 11.5 Å². The molecular weight excluding hydrogens is 420 g/mol. The molecule has 8 heteroatoms. The number of carbonyl (C=O) groups is 1. The fraction of sp³-hybridized carbons (Fsp3) is 0.280. The first-order valence-electron chi connectivity index (χ1n) is 10.8. The standard InChI is InChI=1S/C25H24N4O4/c1-32-19-10-12-20(13-11-19)33-24-21(25(31)29-14-6-5-9-22(29)28-24)15-17(16-26)23(30)27-18-7-3-2-4-8-18/h5-6,9-15,18H,2-4,7-8H2,1H3,(H,27,30)/b17-15+. The van der Waals surface area contributed by atoms with Crippen LogP contribution in [0.2, 0.25) is 0 Å². The monoisotopic (exact) mass is 444 g/mol. The minimum Gasteiger partial charge on any atom is -0.497 e. The van der Waals surface area contributed by atoms with E-state index in [1.54, 1.807) is 55.8 Å². The van der Waals surface area contributed by atoms with Crippen LogP contribution in [-0.4, -0.2) is 28.4 Å². The third kappa shape index (κ3) is 5.04. The average Bonchev–Trinajstić information content (AvgIpc) is 2.85. The van der Waals surface area contributed by atoms with Crippen molar-refractivity contribution in [1.29, 1.82) is 5.26 Å². The molecule has 8 nitrogen and oxygen atoms in total. The lowest BCUT2D eigenvalue weighted by molar-refractivity contribution is -0.117. The number of benzene rings is 1. The molecule has 0 radical (unpaired) electrons. The number of nitriles is 1. The highest BCUT2D eigenvalue weighted by Gasteiger charge is 2.20. The molecule has 33 heavy (non-hydrogen) atoms. The van der Waals surface area contributed by atoms with E-state index in [1.165, 1.54) is 10.5 Å². The maximum absolute atomic E-state index is 13.2. The third-order valence-electron chi connectivity index (χ3n) is 5.60. The number of nitrogens with one attached hydrogen (secondary N) is 1. The zero-order valence-electron chi connectivity index (χ0n) is 18.3. The molecule has 1 amide bonds. The van der Waals surface area contributed by atoms with Crippen LogP contribution in [0.3, 0.4) is 0 Å². The van der Waals surface area contributed by atoms with E-state index in [4.69, 9.17) is 9.47 Å². The Labute approximate surface area is 191 Å². The number of carbonyl (C=O) groups excluding carboxylic acids is 1. The molecule has 1 saturated carbocycles. The van der Waals surface area contributed by atoms with Gasteiger partial charge in [-0.3, -0.25) is 14.0 Å². The van der Waals surface area contributed by atoms with Crippen LogP contribution >= 0.6 is 0 Å². The maximum atomic E-state index is 13.2. The van der Waals surface area contributed by atoms with Gasteiger partial charge in [-0.25, -0.2) is 0 Å². The molecule has 1 aliphatic carbocycles. The lowest BCUT2D eigenvalue weighted by Crippen LogP contribution is -2.36. The van der Waals surface area contributed by atoms with Crippen LogP contribution in [0.5, 0.6) is 17.4 Å². The number of pyridine rings is 1. The minimum atomic E-state index is -0.502. The molecule has 1 fully saturated rings. The van der Waals surface area contributed by atoms with Gasteiger partial charge in [0.05, 0.1) is 7.11 Å². The van der Waals surface area contributed by atoms with Gasteiger partial charge in [-0.15, -0.1) is 0 Å². The van der Waals surface area contributed by atoms with Gasteiger partial charge in [0, 0.05) is 12.2 Å². The number of amides is 1. The van der Waals surface area contributed by atoms with Crippen molar-refractivity contribution in [1.82, 2.24) is 14.7 Å². The van der Waals surface area contributed by atoms with Gasteiger partial charge in [-0.1, -0.05) is 25.3 Å². The van der Waals surface area contributed by atoms with Gasteiger partial charge < -0.3 is 14.8 Å². The van der Waals surface area contributed by atoms with Crippen LogP contribution < -0.4 is 20.3 Å². The highest BCUT2D eigenvalue weighted by Crippen LogP contribution is 2.26. The number of nitrogens with zero attached hydrogens (tertiary/aromatic N) is 3. The molecule has 0 unspecified atom stereocenters. The molecule has 3 aromatic rings. The van der Waals surface area contributed by atoms with Gasteiger partial charge in [-0.2, -0.15) is 10.2 Å². The summed E-state index contributed by atoms with van der Waals surface area (Å²) in [5.74, 6) is 0.592. The Balaban J connectivity index is 1.74. The van der Waals surface area contributed by atoms with E-state index in [2.05, 4.69) is 10.3 Å². The first-order chi connectivity index (χ1) is 16.1. The van der Waals surface area contributed by atoms with Crippen LogP contribution in [0.25, 0.3) is 11.7 Å². The minimum absolute atomic E-state index is 0.00887. The van der Waals surface area contributed by atoms with Crippen molar-refractivity contribution in [3.8, 4) is 23.4 Å². The van der Waals surface area contributed by atoms with Gasteiger partial charge in [-0.05, 0) is 55.3 Å². The summed E-state index contributed by atoms with van der Waals surface area (Å²) in [6.07, 6.45) is 7.85. The molecule has 0 spiro atoms. The van der Waals surface area contributed by atoms with Gasteiger partial charge in [0.25, 0.3) is 11.5 Å². The Hall–Kier alpha value is -4.12. The van der Waals surface area contributed by atoms with Crippen molar-refractivity contribution in [2.24, 2.45) is 0 Å². The Morgan fingerprint density at radius 1 is 1.15 bits per heavy atom. The van der Waals surface area contributed by atoms with E-state index in [0.29, 0.717) is 17.1 Å². The largest absolute Gasteiger partial charge is 0.497 e. The maximum Gasteiger partial charge on any atom is 0.269 e. The third-order valence-corrected chi connectivity index (χ3v) is 5.60. The molecule has 0 atom stereocenters. The number of hydrogen-bond acceptors (Lipinski definition) is 6. The summed E-state index contributed by atoms with van der Waals surface area (Å²) in [6, 6.07) is 13.9. The van der Waals surface area contributed by atoms with Crippen molar-refractivity contribution < 1.29 is 14.3 Å². The second-order valence-electron chi connectivity index (χ2n) is 7.82. The number of aromatic nitrogens is 2. The Bertz CT molecular complexity index is 1280. The number of ether oxygens (including phenoxy) is 2. The summed E-state index contributed by atoms with van der Waals surface area (Å²) in [7, 11) is 1.56. The predicted octanol–water partition coefficient (Wildman–Crippen LogP) is 3.85. The number of fused-ring (bicyclic) bond motifs is 1. The Morgan fingerprint density at radius 2 is 1.88 bits per heavy atom. The first-order valence-corrected chi connectivity index (χ1v) is 10.8. The van der Waals surface area contributed by atoms with E-state index >= 15 is 0 Å². The molecule has 1 aliphatic rings. The summed E-state index contributed by atoms with van der Waals surface area (Å²) in [5.41, 5.74) is -0.213. The van der Waals surface area contributed by atoms with E-state index in [-0.39, 0.29) is 23.1 Å². The molecule has 168 valence electrons. The quantitative estimate of drug-likeness (QED) is 0.457. The molecule has 0 aliphatic heterocycles. The van der Waals surface area contributed by atoms with Crippen LogP contribution in [-0.2, 0) is 4.79 Å². The molecule has 4 rings (SSSR count). The van der Waals surface area contributed by atoms with Gasteiger partial charge in [0.2, 0.25) is 5.88 Å². The summed E-state index contributed by atoms with van der Waals surface area (Å²) in [6.45, 7) is 0. The zero-order chi connectivity index (χ0) is 23.2. The van der Waals surface area contributed by atoms with Crippen molar-refractivity contribution in [3.63, 3.8) is 0 Å². The first kappa shape index (κ1) is 22.1. The fourth-order valence-corrected chi connectivity index (χ4v) is 3.84. The molecule has 2 heterocycles. The molecule has 0 bridgehead atoms. The van der Waals surface area contributed by atoms with Crippen molar-refractivity contribution in [3.05, 3.63) is 70.2 Å². The molecule has 1 aromatic carbocycles. The summed E-state index contributed by atoms with van der Waals surface area (Å²) < 4.78 is 12.4. The number of hydrogen-bond donors (Lipinski definition) is 1. The lowest BCUT2D eigenvalue weighted by atomic mass is 9.95. The highest BCUT2D eigenvalue weighted by molar-refractivity contribution is 6.02. The highest BCUT2D eigenvalue weighted by atomic mass is 16.5. The zero-order valence-corrected chi connectivity index (χ0v) is 18.3. The van der Waals surface area contributed by atoms with Crippen LogP contribution in [0.4, 0.5) is 0 Å². The fourth-order valence-electron chi connectivity index (χ4n) is 3.84. The normalized spacial score (nSPS) is 14.5. The number of rotatable bonds is 6. The predicted molar refractivity (Wildman–Crippen MR) is 123 cm³/mol. The van der Waals surface area contributed by atoms with Crippen molar-refractivity contribution in [2.75, 3.05) is 7.11 Å². The smallest absolute Gasteiger partial charge is 0.269 e. The summed E-state index contributed by atoms with van der Waals surface area (Å²) >= 11 is 0. The Kier molecular flexibility index (Phi) is 6.69. The van der Waals surface area contributed by atoms with Crippen molar-refractivity contribution in [2.45, 2.75) is 38.1 Å². The number of methoxy groups -OCH3 is 1.